The molecule has 0 aliphatic carbocycles. The highest BCUT2D eigenvalue weighted by Gasteiger charge is 2.08. The van der Waals surface area contributed by atoms with Crippen molar-refractivity contribution in [3.8, 4) is 17.2 Å². The van der Waals surface area contributed by atoms with Crippen molar-refractivity contribution >= 4 is 27.0 Å². The largest absolute Gasteiger partial charge is 0.508 e. The maximum atomic E-state index is 9.36. The Bertz CT molecular complexity index is 673. The Labute approximate surface area is 106 Å². The van der Waals surface area contributed by atoms with Crippen LogP contribution in [0.1, 0.15) is 0 Å². The lowest BCUT2D eigenvalue weighted by Crippen LogP contribution is -1.75. The number of oxazole rings is 1. The number of fused-ring (bicyclic) bond motifs is 1. The number of aromatic nitrogens is 1. The quantitative estimate of drug-likeness (QED) is 0.737. The van der Waals surface area contributed by atoms with Gasteiger partial charge in [-0.3, -0.25) is 0 Å². The van der Waals surface area contributed by atoms with Gasteiger partial charge in [0.2, 0.25) is 5.89 Å². The summed E-state index contributed by atoms with van der Waals surface area (Å²) >= 11 is 3.38. The summed E-state index contributed by atoms with van der Waals surface area (Å²) in [6, 6.07) is 12.6. The van der Waals surface area contributed by atoms with Gasteiger partial charge in [0.25, 0.3) is 0 Å². The van der Waals surface area contributed by atoms with Gasteiger partial charge in [0.15, 0.2) is 5.58 Å². The molecule has 0 aliphatic rings. The highest BCUT2D eigenvalue weighted by molar-refractivity contribution is 9.10. The molecule has 0 saturated carbocycles. The van der Waals surface area contributed by atoms with Crippen LogP contribution in [-0.4, -0.2) is 10.1 Å². The lowest BCUT2D eigenvalue weighted by molar-refractivity contribution is 0.476. The minimum atomic E-state index is 0.188. The van der Waals surface area contributed by atoms with Crippen LogP contribution in [-0.2, 0) is 0 Å². The van der Waals surface area contributed by atoms with Crippen molar-refractivity contribution in [2.45, 2.75) is 0 Å². The van der Waals surface area contributed by atoms with Gasteiger partial charge in [0, 0.05) is 16.1 Å². The van der Waals surface area contributed by atoms with Gasteiger partial charge in [-0.05, 0) is 36.4 Å². The number of phenols is 1. The van der Waals surface area contributed by atoms with E-state index in [1.165, 1.54) is 0 Å². The molecule has 3 rings (SSSR count). The van der Waals surface area contributed by atoms with Crippen molar-refractivity contribution in [3.05, 3.63) is 46.9 Å². The molecule has 4 heteroatoms. The lowest BCUT2D eigenvalue weighted by Gasteiger charge is -1.94. The molecule has 0 amide bonds. The van der Waals surface area contributed by atoms with Crippen molar-refractivity contribution < 1.29 is 9.52 Å². The first kappa shape index (κ1) is 10.4. The predicted octanol–water partition coefficient (Wildman–Crippen LogP) is 3.96. The Morgan fingerprint density at radius 2 is 1.82 bits per heavy atom. The van der Waals surface area contributed by atoms with Crippen molar-refractivity contribution in [2.24, 2.45) is 0 Å². The minimum Gasteiger partial charge on any atom is -0.508 e. The van der Waals surface area contributed by atoms with Crippen LogP contribution in [0.3, 0.4) is 0 Å². The van der Waals surface area contributed by atoms with E-state index < -0.39 is 0 Å². The third-order valence-corrected chi connectivity index (χ3v) is 2.99. The fraction of sp³-hybridized carbons (Fsp3) is 0. The first-order valence-electron chi connectivity index (χ1n) is 5.08. The second-order valence-corrected chi connectivity index (χ2v) is 4.59. The summed E-state index contributed by atoms with van der Waals surface area (Å²) in [4.78, 5) is 4.33. The number of phenolic OH excluding ortho intramolecular Hbond substituents is 1. The van der Waals surface area contributed by atoms with Crippen LogP contribution in [0.2, 0.25) is 0 Å². The van der Waals surface area contributed by atoms with E-state index in [2.05, 4.69) is 20.9 Å². The maximum Gasteiger partial charge on any atom is 0.227 e. The van der Waals surface area contributed by atoms with Crippen LogP contribution >= 0.6 is 15.9 Å². The number of nitrogens with zero attached hydrogens (tertiary/aromatic N) is 1. The zero-order chi connectivity index (χ0) is 11.8. The van der Waals surface area contributed by atoms with Gasteiger partial charge in [-0.15, -0.1) is 0 Å². The van der Waals surface area contributed by atoms with Crippen LogP contribution in [0.5, 0.6) is 5.75 Å². The molecule has 17 heavy (non-hydrogen) atoms. The van der Waals surface area contributed by atoms with Gasteiger partial charge in [-0.2, -0.15) is 0 Å². The molecule has 0 fully saturated rings. The standard InChI is InChI=1S/C13H8BrNO2/c14-9-3-1-8(2-4-9)13-15-11-7-10(16)5-6-12(11)17-13/h1-7,16H. The lowest BCUT2D eigenvalue weighted by atomic mass is 10.2. The smallest absolute Gasteiger partial charge is 0.227 e. The van der Waals surface area contributed by atoms with Gasteiger partial charge < -0.3 is 9.52 Å². The summed E-state index contributed by atoms with van der Waals surface area (Å²) in [5, 5.41) is 9.36. The van der Waals surface area contributed by atoms with Gasteiger partial charge in [-0.25, -0.2) is 4.98 Å². The molecule has 0 spiro atoms. The van der Waals surface area contributed by atoms with Gasteiger partial charge in [0.05, 0.1) is 0 Å². The number of rotatable bonds is 1. The van der Waals surface area contributed by atoms with E-state index in [4.69, 9.17) is 4.42 Å². The zero-order valence-corrected chi connectivity index (χ0v) is 10.3. The van der Waals surface area contributed by atoms with Gasteiger partial charge >= 0.3 is 0 Å². The number of halogens is 1. The Balaban J connectivity index is 2.14. The molecule has 0 radical (unpaired) electrons. The van der Waals surface area contributed by atoms with Crippen LogP contribution in [0.4, 0.5) is 0 Å². The van der Waals surface area contributed by atoms with Crippen LogP contribution in [0, 0.1) is 0 Å². The van der Waals surface area contributed by atoms with E-state index in [1.54, 1.807) is 18.2 Å². The Morgan fingerprint density at radius 1 is 1.06 bits per heavy atom. The van der Waals surface area contributed by atoms with Gasteiger partial charge in [-0.1, -0.05) is 15.9 Å². The average Bonchev–Trinajstić information content (AvgIpc) is 2.72. The fourth-order valence-corrected chi connectivity index (χ4v) is 1.90. The molecule has 0 aliphatic heterocycles. The van der Waals surface area contributed by atoms with Crippen molar-refractivity contribution in [1.82, 2.24) is 4.98 Å². The molecule has 3 aromatic rings. The number of benzene rings is 2. The molecule has 0 bridgehead atoms. The third kappa shape index (κ3) is 1.91. The van der Waals surface area contributed by atoms with Crippen molar-refractivity contribution in [3.63, 3.8) is 0 Å². The second kappa shape index (κ2) is 3.89. The van der Waals surface area contributed by atoms with E-state index in [0.29, 0.717) is 17.0 Å². The summed E-state index contributed by atoms with van der Waals surface area (Å²) in [5.41, 5.74) is 2.23. The molecule has 1 aromatic heterocycles. The summed E-state index contributed by atoms with van der Waals surface area (Å²) in [7, 11) is 0. The second-order valence-electron chi connectivity index (χ2n) is 3.68. The Morgan fingerprint density at radius 3 is 2.59 bits per heavy atom. The monoisotopic (exact) mass is 289 g/mol. The van der Waals surface area contributed by atoms with E-state index in [-0.39, 0.29) is 5.75 Å². The highest BCUT2D eigenvalue weighted by atomic mass is 79.9. The summed E-state index contributed by atoms with van der Waals surface area (Å²) in [6.45, 7) is 0. The first-order valence-corrected chi connectivity index (χ1v) is 5.87. The van der Waals surface area contributed by atoms with Crippen LogP contribution < -0.4 is 0 Å². The predicted molar refractivity (Wildman–Crippen MR) is 68.8 cm³/mol. The SMILES string of the molecule is Oc1ccc2oc(-c3ccc(Br)cc3)nc2c1. The third-order valence-electron chi connectivity index (χ3n) is 2.46. The topological polar surface area (TPSA) is 46.3 Å². The molecular weight excluding hydrogens is 282 g/mol. The molecule has 2 aromatic carbocycles. The van der Waals surface area contributed by atoms with Crippen molar-refractivity contribution in [2.75, 3.05) is 0 Å². The highest BCUT2D eigenvalue weighted by Crippen LogP contribution is 2.27. The Hall–Kier alpha value is -1.81. The van der Waals surface area contributed by atoms with Gasteiger partial charge in [0.1, 0.15) is 11.3 Å². The molecule has 0 unspecified atom stereocenters. The molecule has 84 valence electrons. The number of hydrogen-bond acceptors (Lipinski definition) is 3. The fourth-order valence-electron chi connectivity index (χ4n) is 1.63. The molecular formula is C13H8BrNO2. The molecule has 1 heterocycles. The molecule has 0 saturated heterocycles. The van der Waals surface area contributed by atoms with Crippen molar-refractivity contribution in [1.29, 1.82) is 0 Å². The minimum absolute atomic E-state index is 0.188. The summed E-state index contributed by atoms with van der Waals surface area (Å²) in [6.07, 6.45) is 0. The number of hydrogen-bond donors (Lipinski definition) is 1. The van der Waals surface area contributed by atoms with E-state index >= 15 is 0 Å². The Kier molecular flexibility index (Phi) is 2.37. The van der Waals surface area contributed by atoms with Crippen LogP contribution in [0.15, 0.2) is 51.4 Å². The van der Waals surface area contributed by atoms with E-state index in [9.17, 15) is 5.11 Å². The first-order chi connectivity index (χ1) is 8.22. The zero-order valence-electron chi connectivity index (χ0n) is 8.72. The van der Waals surface area contributed by atoms with E-state index in [0.717, 1.165) is 10.0 Å². The molecule has 0 atom stereocenters. The summed E-state index contributed by atoms with van der Waals surface area (Å²) in [5.74, 6) is 0.742. The maximum absolute atomic E-state index is 9.36. The normalized spacial score (nSPS) is 10.9. The molecule has 3 nitrogen and oxygen atoms in total. The van der Waals surface area contributed by atoms with E-state index in [1.807, 2.05) is 24.3 Å². The summed E-state index contributed by atoms with van der Waals surface area (Å²) < 4.78 is 6.62. The van der Waals surface area contributed by atoms with Crippen LogP contribution in [0.25, 0.3) is 22.6 Å². The number of aromatic hydroxyl groups is 1. The molecule has 1 N–H and O–H groups in total. The average molecular weight is 290 g/mol.